The van der Waals surface area contributed by atoms with E-state index in [-0.39, 0.29) is 36.4 Å². The van der Waals surface area contributed by atoms with Crippen molar-refractivity contribution in [2.75, 3.05) is 27.2 Å². The number of carbonyl (C=O) groups excluding carboxylic acids is 1. The zero-order chi connectivity index (χ0) is 18.1. The van der Waals surface area contributed by atoms with Crippen molar-refractivity contribution in [3.8, 4) is 0 Å². The van der Waals surface area contributed by atoms with Crippen LogP contribution in [0.4, 0.5) is 0 Å². The number of aliphatic imine (C=N–C) groups is 1. The van der Waals surface area contributed by atoms with Gasteiger partial charge in [0.2, 0.25) is 5.91 Å². The third-order valence-corrected chi connectivity index (χ3v) is 4.18. The molecule has 0 aliphatic rings. The lowest BCUT2D eigenvalue weighted by molar-refractivity contribution is -0.127. The van der Waals surface area contributed by atoms with E-state index in [0.717, 1.165) is 19.4 Å². The lowest BCUT2D eigenvalue weighted by atomic mass is 10.0. The van der Waals surface area contributed by atoms with Crippen LogP contribution in [0.3, 0.4) is 0 Å². The van der Waals surface area contributed by atoms with Crippen molar-refractivity contribution in [1.29, 1.82) is 0 Å². The Labute approximate surface area is 169 Å². The highest BCUT2D eigenvalue weighted by Gasteiger charge is 2.08. The van der Waals surface area contributed by atoms with E-state index in [1.54, 1.807) is 19.0 Å². The van der Waals surface area contributed by atoms with Gasteiger partial charge >= 0.3 is 0 Å². The average Bonchev–Trinajstić information content (AvgIpc) is 2.54. The van der Waals surface area contributed by atoms with Crippen LogP contribution >= 0.6 is 24.0 Å². The molecule has 1 aromatic carbocycles. The minimum absolute atomic E-state index is 0. The summed E-state index contributed by atoms with van der Waals surface area (Å²) in [6, 6.07) is 6.69. The van der Waals surface area contributed by atoms with Crippen molar-refractivity contribution in [2.45, 2.75) is 46.6 Å². The van der Waals surface area contributed by atoms with Crippen molar-refractivity contribution < 1.29 is 4.79 Å². The molecule has 0 radical (unpaired) electrons. The molecule has 0 aromatic heterocycles. The first-order valence-electron chi connectivity index (χ1n) is 8.65. The molecule has 0 heterocycles. The molecule has 0 aliphatic carbocycles. The van der Waals surface area contributed by atoms with Gasteiger partial charge in [0.25, 0.3) is 0 Å². The monoisotopic (exact) mass is 460 g/mol. The third kappa shape index (κ3) is 8.56. The maximum Gasteiger partial charge on any atom is 0.243 e. The van der Waals surface area contributed by atoms with Gasteiger partial charge in [-0.2, -0.15) is 0 Å². The predicted octanol–water partition coefficient (Wildman–Crippen LogP) is 2.89. The summed E-state index contributed by atoms with van der Waals surface area (Å²) < 4.78 is 0. The second-order valence-electron chi connectivity index (χ2n) is 6.45. The largest absolute Gasteiger partial charge is 0.356 e. The quantitative estimate of drug-likeness (QED) is 0.374. The van der Waals surface area contributed by atoms with Gasteiger partial charge in [-0.3, -0.25) is 4.79 Å². The molecular formula is C19H33IN4O. The summed E-state index contributed by atoms with van der Waals surface area (Å²) in [4.78, 5) is 17.7. The van der Waals surface area contributed by atoms with Gasteiger partial charge in [0.1, 0.15) is 6.54 Å². The molecule has 0 aliphatic heterocycles. The normalized spacial score (nSPS) is 12.2. The number of hydrogen-bond acceptors (Lipinski definition) is 2. The fourth-order valence-corrected chi connectivity index (χ4v) is 2.33. The van der Waals surface area contributed by atoms with Gasteiger partial charge in [-0.25, -0.2) is 4.99 Å². The fraction of sp³-hybridized carbons (Fsp3) is 0.579. The molecule has 0 bridgehead atoms. The molecule has 0 saturated carbocycles. The van der Waals surface area contributed by atoms with Gasteiger partial charge < -0.3 is 15.5 Å². The number of carbonyl (C=O) groups is 1. The zero-order valence-corrected chi connectivity index (χ0v) is 18.7. The first-order chi connectivity index (χ1) is 11.3. The minimum atomic E-state index is -0.00463. The fourth-order valence-electron chi connectivity index (χ4n) is 2.33. The number of nitrogens with zero attached hydrogens (tertiary/aromatic N) is 2. The zero-order valence-electron chi connectivity index (χ0n) is 16.3. The second-order valence-corrected chi connectivity index (χ2v) is 6.45. The molecule has 1 atom stereocenters. The molecule has 142 valence electrons. The summed E-state index contributed by atoms with van der Waals surface area (Å²) in [6.07, 6.45) is 1.93. The van der Waals surface area contributed by atoms with Crippen molar-refractivity contribution in [3.63, 3.8) is 0 Å². The molecule has 1 unspecified atom stereocenters. The number of nitrogens with one attached hydrogen (secondary N) is 2. The highest BCUT2D eigenvalue weighted by atomic mass is 127. The molecule has 0 fully saturated rings. The van der Waals surface area contributed by atoms with E-state index in [1.807, 2.05) is 0 Å². The SMILES string of the molecule is CCC(C)NC(=NCC(=O)N(C)C)NCCc1c(C)cccc1C.I. The molecule has 6 heteroatoms. The van der Waals surface area contributed by atoms with E-state index in [1.165, 1.54) is 16.7 Å². The molecule has 1 rings (SSSR count). The van der Waals surface area contributed by atoms with E-state index in [2.05, 4.69) is 61.5 Å². The number of rotatable bonds is 7. The Bertz CT molecular complexity index is 552. The summed E-state index contributed by atoms with van der Waals surface area (Å²) in [5.41, 5.74) is 4.00. The number of hydrogen-bond donors (Lipinski definition) is 2. The van der Waals surface area contributed by atoms with Crippen LogP contribution in [0.5, 0.6) is 0 Å². The molecule has 25 heavy (non-hydrogen) atoms. The van der Waals surface area contributed by atoms with Gasteiger partial charge in [-0.15, -0.1) is 24.0 Å². The summed E-state index contributed by atoms with van der Waals surface area (Å²) in [5, 5.41) is 6.69. The number of halogens is 1. The smallest absolute Gasteiger partial charge is 0.243 e. The van der Waals surface area contributed by atoms with E-state index in [9.17, 15) is 4.79 Å². The molecule has 5 nitrogen and oxygen atoms in total. The lowest BCUT2D eigenvalue weighted by Gasteiger charge is -2.18. The van der Waals surface area contributed by atoms with Crippen LogP contribution in [0.25, 0.3) is 0 Å². The Hall–Kier alpha value is -1.31. The van der Waals surface area contributed by atoms with Gasteiger partial charge in [0.05, 0.1) is 0 Å². The van der Waals surface area contributed by atoms with Crippen LogP contribution in [-0.2, 0) is 11.2 Å². The highest BCUT2D eigenvalue weighted by Crippen LogP contribution is 2.13. The van der Waals surface area contributed by atoms with Gasteiger partial charge in [0, 0.05) is 26.7 Å². The molecule has 1 amide bonds. The standard InChI is InChI=1S/C19H32N4O.HI/c1-7-16(4)22-19(21-13-18(24)23(5)6)20-12-11-17-14(2)9-8-10-15(17)3;/h8-10,16H,7,11-13H2,1-6H3,(H2,20,21,22);1H. The van der Waals surface area contributed by atoms with Gasteiger partial charge in [0.15, 0.2) is 5.96 Å². The maximum absolute atomic E-state index is 11.8. The Morgan fingerprint density at radius 2 is 1.84 bits per heavy atom. The first-order valence-corrected chi connectivity index (χ1v) is 8.65. The van der Waals surface area contributed by atoms with E-state index in [0.29, 0.717) is 12.0 Å². The van der Waals surface area contributed by atoms with Crippen LogP contribution in [-0.4, -0.2) is 50.0 Å². The van der Waals surface area contributed by atoms with Gasteiger partial charge in [-0.05, 0) is 50.3 Å². The van der Waals surface area contributed by atoms with Gasteiger partial charge in [-0.1, -0.05) is 25.1 Å². The Kier molecular flexibility index (Phi) is 11.5. The number of amides is 1. The summed E-state index contributed by atoms with van der Waals surface area (Å²) in [5.74, 6) is 0.695. The summed E-state index contributed by atoms with van der Waals surface area (Å²) in [6.45, 7) is 9.45. The second kappa shape index (κ2) is 12.1. The first kappa shape index (κ1) is 23.7. The van der Waals surface area contributed by atoms with Crippen LogP contribution in [0.1, 0.15) is 37.0 Å². The van der Waals surface area contributed by atoms with Crippen molar-refractivity contribution in [3.05, 3.63) is 34.9 Å². The molecule has 2 N–H and O–H groups in total. The summed E-state index contributed by atoms with van der Waals surface area (Å²) >= 11 is 0. The topological polar surface area (TPSA) is 56.7 Å². The highest BCUT2D eigenvalue weighted by molar-refractivity contribution is 14.0. The Balaban J connectivity index is 0.00000576. The van der Waals surface area contributed by atoms with Crippen LogP contribution in [0, 0.1) is 13.8 Å². The van der Waals surface area contributed by atoms with E-state index < -0.39 is 0 Å². The Morgan fingerprint density at radius 1 is 1.24 bits per heavy atom. The van der Waals surface area contributed by atoms with Crippen molar-refractivity contribution in [1.82, 2.24) is 15.5 Å². The minimum Gasteiger partial charge on any atom is -0.356 e. The summed E-state index contributed by atoms with van der Waals surface area (Å²) in [7, 11) is 3.49. The number of likely N-dealkylation sites (N-methyl/N-ethyl adjacent to an activating group) is 1. The van der Waals surface area contributed by atoms with Crippen molar-refractivity contribution >= 4 is 35.8 Å². The van der Waals surface area contributed by atoms with Crippen molar-refractivity contribution in [2.24, 2.45) is 4.99 Å². The molecule has 0 spiro atoms. The number of benzene rings is 1. The lowest BCUT2D eigenvalue weighted by Crippen LogP contribution is -2.43. The Morgan fingerprint density at radius 3 is 2.36 bits per heavy atom. The van der Waals surface area contributed by atoms with E-state index >= 15 is 0 Å². The third-order valence-electron chi connectivity index (χ3n) is 4.18. The van der Waals surface area contributed by atoms with Crippen LogP contribution in [0.2, 0.25) is 0 Å². The van der Waals surface area contributed by atoms with E-state index in [4.69, 9.17) is 0 Å². The molecule has 1 aromatic rings. The van der Waals surface area contributed by atoms with Crippen LogP contribution < -0.4 is 10.6 Å². The number of guanidine groups is 1. The number of aryl methyl sites for hydroxylation is 2. The average molecular weight is 460 g/mol. The van der Waals surface area contributed by atoms with Crippen LogP contribution in [0.15, 0.2) is 23.2 Å². The molecule has 0 saturated heterocycles. The molecular weight excluding hydrogens is 427 g/mol. The maximum atomic E-state index is 11.8. The predicted molar refractivity (Wildman–Crippen MR) is 117 cm³/mol.